The Hall–Kier alpha value is -3.39. The maximum Gasteiger partial charge on any atom is 0.235 e. The Kier molecular flexibility index (Phi) is 6.14. The minimum atomic E-state index is -3.67. The maximum absolute atomic E-state index is 11.9. The van der Waals surface area contributed by atoms with Crippen LogP contribution in [0.25, 0.3) is 11.1 Å². The molecule has 1 fully saturated rings. The van der Waals surface area contributed by atoms with E-state index >= 15 is 0 Å². The summed E-state index contributed by atoms with van der Waals surface area (Å²) < 4.78 is 31.3. The van der Waals surface area contributed by atoms with Gasteiger partial charge in [0.1, 0.15) is 5.75 Å². The summed E-state index contributed by atoms with van der Waals surface area (Å²) in [4.78, 5) is 16.0. The van der Waals surface area contributed by atoms with E-state index in [1.807, 2.05) is 48.0 Å². The molecule has 8 heteroatoms. The molecule has 0 radical (unpaired) electrons. The first-order valence-electron chi connectivity index (χ1n) is 10.4. The van der Waals surface area contributed by atoms with Crippen LogP contribution in [0.15, 0.2) is 60.8 Å². The molecule has 2 N–H and O–H groups in total. The van der Waals surface area contributed by atoms with Gasteiger partial charge in [0.05, 0.1) is 12.4 Å². The topological polar surface area (TPSA) is 106 Å². The number of aromatic hydroxyl groups is 1. The highest BCUT2D eigenvalue weighted by Gasteiger charge is 2.32. The Balaban J connectivity index is 1.56. The molecule has 0 saturated carbocycles. The Morgan fingerprint density at radius 3 is 2.69 bits per heavy atom. The number of hydrogen-bond donors (Lipinski definition) is 2. The molecular formula is C24H24N2O5S. The summed E-state index contributed by atoms with van der Waals surface area (Å²) >= 11 is 0. The van der Waals surface area contributed by atoms with Gasteiger partial charge in [0, 0.05) is 24.1 Å². The van der Waals surface area contributed by atoms with E-state index in [2.05, 4.69) is 11.1 Å². The predicted molar refractivity (Wildman–Crippen MR) is 121 cm³/mol. The van der Waals surface area contributed by atoms with Gasteiger partial charge in [-0.25, -0.2) is 13.4 Å². The zero-order valence-electron chi connectivity index (χ0n) is 17.6. The number of hydrogen-bond acceptors (Lipinski definition) is 6. The number of carbonyl (C=O) groups excluding carboxylic acids is 1. The van der Waals surface area contributed by atoms with E-state index in [0.29, 0.717) is 24.5 Å². The van der Waals surface area contributed by atoms with Crippen molar-refractivity contribution in [3.63, 3.8) is 0 Å². The summed E-state index contributed by atoms with van der Waals surface area (Å²) in [6.45, 7) is 2.44. The number of benzene rings is 2. The Labute approximate surface area is 187 Å². The van der Waals surface area contributed by atoms with Crippen molar-refractivity contribution in [2.45, 2.75) is 25.7 Å². The quantitative estimate of drug-likeness (QED) is 0.594. The number of rotatable bonds is 6. The van der Waals surface area contributed by atoms with Gasteiger partial charge in [0.15, 0.2) is 0 Å². The largest absolute Gasteiger partial charge is 0.508 e. The fourth-order valence-corrected chi connectivity index (χ4v) is 5.34. The van der Waals surface area contributed by atoms with Crippen LogP contribution >= 0.6 is 0 Å². The summed E-state index contributed by atoms with van der Waals surface area (Å²) in [6, 6.07) is 17.1. The van der Waals surface area contributed by atoms with Crippen LogP contribution in [0.5, 0.6) is 11.6 Å². The van der Waals surface area contributed by atoms with Crippen LogP contribution in [0.4, 0.5) is 0 Å². The molecule has 1 unspecified atom stereocenters. The van der Waals surface area contributed by atoms with Crippen LogP contribution in [-0.2, 0) is 21.2 Å². The third kappa shape index (κ3) is 4.91. The van der Waals surface area contributed by atoms with Crippen LogP contribution < -0.4 is 9.46 Å². The summed E-state index contributed by atoms with van der Waals surface area (Å²) in [6.07, 6.45) is 2.31. The van der Waals surface area contributed by atoms with E-state index in [1.54, 1.807) is 18.3 Å². The minimum absolute atomic E-state index is 0.000513. The van der Waals surface area contributed by atoms with Crippen LogP contribution in [0.1, 0.15) is 36.0 Å². The van der Waals surface area contributed by atoms with Gasteiger partial charge in [-0.3, -0.25) is 9.52 Å². The van der Waals surface area contributed by atoms with E-state index in [4.69, 9.17) is 4.74 Å². The number of nitrogens with one attached hydrogen (secondary N) is 1. The third-order valence-electron chi connectivity index (χ3n) is 5.35. The van der Waals surface area contributed by atoms with Crippen LogP contribution in [0.2, 0.25) is 0 Å². The smallest absolute Gasteiger partial charge is 0.235 e. The second-order valence-corrected chi connectivity index (χ2v) is 9.53. The molecule has 7 nitrogen and oxygen atoms in total. The molecule has 0 bridgehead atoms. The number of aromatic nitrogens is 1. The Morgan fingerprint density at radius 1 is 1.12 bits per heavy atom. The number of phenolic OH excluding ortho intramolecular Hbond substituents is 1. The third-order valence-corrected chi connectivity index (χ3v) is 6.73. The first-order chi connectivity index (χ1) is 15.3. The van der Waals surface area contributed by atoms with Crippen LogP contribution in [-0.4, -0.2) is 36.8 Å². The number of phenols is 1. The summed E-state index contributed by atoms with van der Waals surface area (Å²) in [5.74, 6) is -0.752. The first kappa shape index (κ1) is 21.8. The lowest BCUT2D eigenvalue weighted by Crippen LogP contribution is -2.40. The van der Waals surface area contributed by atoms with Crippen molar-refractivity contribution in [1.29, 1.82) is 0 Å². The summed E-state index contributed by atoms with van der Waals surface area (Å²) in [5.41, 5.74) is 4.28. The van der Waals surface area contributed by atoms with Gasteiger partial charge in [-0.15, -0.1) is 0 Å². The molecular weight excluding hydrogens is 428 g/mol. The van der Waals surface area contributed by atoms with E-state index in [0.717, 1.165) is 22.3 Å². The number of amides is 1. The molecule has 1 aliphatic rings. The molecule has 0 aliphatic carbocycles. The summed E-state index contributed by atoms with van der Waals surface area (Å²) in [5, 5.41) is 10.6. The van der Waals surface area contributed by atoms with Crippen LogP contribution in [0, 0.1) is 0 Å². The minimum Gasteiger partial charge on any atom is -0.508 e. The van der Waals surface area contributed by atoms with E-state index in [1.165, 1.54) is 0 Å². The molecule has 166 valence electrons. The molecule has 2 heterocycles. The second-order valence-electron chi connectivity index (χ2n) is 7.77. The van der Waals surface area contributed by atoms with E-state index in [-0.39, 0.29) is 17.9 Å². The van der Waals surface area contributed by atoms with Crippen molar-refractivity contribution < 1.29 is 23.1 Å². The molecule has 1 saturated heterocycles. The highest BCUT2D eigenvalue weighted by molar-refractivity contribution is 7.90. The SMILES string of the molecule is CCOc1ncccc1-c1cccc(Cc2ccc(C3CC(=O)NS(=O)(=O)C3)c(O)c2)c1. The Morgan fingerprint density at radius 2 is 1.94 bits per heavy atom. The molecule has 2 aromatic carbocycles. The fraction of sp³-hybridized carbons (Fsp3) is 0.250. The van der Waals surface area contributed by atoms with Gasteiger partial charge < -0.3 is 9.84 Å². The van der Waals surface area contributed by atoms with E-state index in [9.17, 15) is 18.3 Å². The van der Waals surface area contributed by atoms with Gasteiger partial charge in [-0.2, -0.15) is 0 Å². The van der Waals surface area contributed by atoms with Crippen molar-refractivity contribution in [3.05, 3.63) is 77.5 Å². The van der Waals surface area contributed by atoms with Gasteiger partial charge in [0.2, 0.25) is 21.8 Å². The highest BCUT2D eigenvalue weighted by Crippen LogP contribution is 2.33. The lowest BCUT2D eigenvalue weighted by atomic mass is 9.93. The van der Waals surface area contributed by atoms with Crippen molar-refractivity contribution in [3.8, 4) is 22.8 Å². The Bertz CT molecular complexity index is 1260. The molecule has 0 spiro atoms. The molecule has 3 aromatic rings. The zero-order chi connectivity index (χ0) is 22.7. The second kappa shape index (κ2) is 9.00. The van der Waals surface area contributed by atoms with Gasteiger partial charge in [0.25, 0.3) is 0 Å². The number of nitrogens with zero attached hydrogens (tertiary/aromatic N) is 1. The molecule has 1 aliphatic heterocycles. The normalized spacial score (nSPS) is 17.5. The lowest BCUT2D eigenvalue weighted by molar-refractivity contribution is -0.119. The average Bonchev–Trinajstić information content (AvgIpc) is 2.73. The zero-order valence-corrected chi connectivity index (χ0v) is 18.4. The molecule has 1 amide bonds. The van der Waals surface area contributed by atoms with Gasteiger partial charge >= 0.3 is 0 Å². The fourth-order valence-electron chi connectivity index (χ4n) is 4.00. The number of carbonyl (C=O) groups is 1. The highest BCUT2D eigenvalue weighted by atomic mass is 32.2. The van der Waals surface area contributed by atoms with E-state index < -0.39 is 21.8 Å². The van der Waals surface area contributed by atoms with Gasteiger partial charge in [-0.05, 0) is 53.8 Å². The molecule has 4 rings (SSSR count). The maximum atomic E-state index is 11.9. The number of ether oxygens (including phenoxy) is 1. The standard InChI is InChI=1S/C24H24N2O5S/c1-2-31-24-21(7-4-10-25-24)18-6-3-5-16(12-18)11-17-8-9-20(22(27)13-17)19-14-23(28)26-32(29,30)15-19/h3-10,12-13,19,27H,2,11,14-15H2,1H3,(H,26,28). The predicted octanol–water partition coefficient (Wildman–Crippen LogP) is 3.38. The van der Waals surface area contributed by atoms with Crippen molar-refractivity contribution in [2.75, 3.05) is 12.4 Å². The average molecular weight is 453 g/mol. The lowest BCUT2D eigenvalue weighted by Gasteiger charge is -2.23. The van der Waals surface area contributed by atoms with Crippen LogP contribution in [0.3, 0.4) is 0 Å². The summed E-state index contributed by atoms with van der Waals surface area (Å²) in [7, 11) is -3.67. The van der Waals surface area contributed by atoms with Crippen molar-refractivity contribution in [2.24, 2.45) is 0 Å². The first-order valence-corrected chi connectivity index (χ1v) is 12.0. The number of sulfonamides is 1. The van der Waals surface area contributed by atoms with Crippen molar-refractivity contribution in [1.82, 2.24) is 9.71 Å². The monoisotopic (exact) mass is 452 g/mol. The van der Waals surface area contributed by atoms with Crippen molar-refractivity contribution >= 4 is 15.9 Å². The molecule has 1 aromatic heterocycles. The number of pyridine rings is 1. The molecule has 32 heavy (non-hydrogen) atoms. The van der Waals surface area contributed by atoms with Gasteiger partial charge in [-0.1, -0.05) is 36.4 Å². The molecule has 1 atom stereocenters.